The number of pyridine rings is 1. The lowest BCUT2D eigenvalue weighted by Crippen LogP contribution is -2.13. The number of anilines is 1. The van der Waals surface area contributed by atoms with Gasteiger partial charge in [-0.25, -0.2) is 4.79 Å². The quantitative estimate of drug-likeness (QED) is 0.358. The second-order valence-corrected chi connectivity index (χ2v) is 8.01. The molecular formula is C26H38N2O2. The van der Waals surface area contributed by atoms with Crippen molar-refractivity contribution in [2.45, 2.75) is 73.1 Å². The van der Waals surface area contributed by atoms with Crippen molar-refractivity contribution in [1.82, 2.24) is 4.98 Å². The van der Waals surface area contributed by atoms with Crippen molar-refractivity contribution in [2.75, 3.05) is 11.9 Å². The Morgan fingerprint density at radius 2 is 1.47 bits per heavy atom. The smallest absolute Gasteiger partial charge is 0.411 e. The Balaban J connectivity index is 2.21. The van der Waals surface area contributed by atoms with Gasteiger partial charge in [0, 0.05) is 6.20 Å². The van der Waals surface area contributed by atoms with E-state index in [4.69, 9.17) is 4.74 Å². The van der Waals surface area contributed by atoms with Crippen LogP contribution in [0.3, 0.4) is 0 Å². The van der Waals surface area contributed by atoms with Gasteiger partial charge in [0.1, 0.15) is 6.61 Å². The van der Waals surface area contributed by atoms with Crippen LogP contribution in [-0.2, 0) is 4.74 Å². The summed E-state index contributed by atoms with van der Waals surface area (Å²) in [5, 5.41) is 2.65. The highest BCUT2D eigenvalue weighted by molar-refractivity contribution is 5.84. The number of aromatic nitrogens is 1. The number of nitrogens with one attached hydrogen (secondary N) is 1. The summed E-state index contributed by atoms with van der Waals surface area (Å²) in [7, 11) is 0. The van der Waals surface area contributed by atoms with Crippen LogP contribution in [0.5, 0.6) is 0 Å². The molecule has 0 aliphatic carbocycles. The molecule has 0 spiro atoms. The topological polar surface area (TPSA) is 51.2 Å². The van der Waals surface area contributed by atoms with Crippen molar-refractivity contribution in [3.63, 3.8) is 0 Å². The van der Waals surface area contributed by atoms with Crippen LogP contribution >= 0.6 is 0 Å². The molecule has 1 amide bonds. The third-order valence-electron chi connectivity index (χ3n) is 4.71. The second-order valence-electron chi connectivity index (χ2n) is 8.01. The molecule has 1 rings (SSSR count). The molecule has 0 saturated carbocycles. The average Bonchev–Trinajstić information content (AvgIpc) is 2.68. The summed E-state index contributed by atoms with van der Waals surface area (Å²) in [6.45, 7) is 11.1. The van der Waals surface area contributed by atoms with Crippen molar-refractivity contribution in [3.05, 3.63) is 71.1 Å². The van der Waals surface area contributed by atoms with E-state index >= 15 is 0 Å². The minimum absolute atomic E-state index is 0.275. The van der Waals surface area contributed by atoms with Gasteiger partial charge in [0.15, 0.2) is 0 Å². The van der Waals surface area contributed by atoms with Crippen LogP contribution in [0.15, 0.2) is 71.1 Å². The van der Waals surface area contributed by atoms with Crippen LogP contribution in [0.1, 0.15) is 73.1 Å². The molecule has 0 unspecified atom stereocenters. The molecule has 0 radical (unpaired) electrons. The highest BCUT2D eigenvalue weighted by Crippen LogP contribution is 2.13. The molecule has 1 heterocycles. The molecule has 30 heavy (non-hydrogen) atoms. The number of nitrogens with zero attached hydrogens (tertiary/aromatic N) is 1. The van der Waals surface area contributed by atoms with Gasteiger partial charge in [-0.15, -0.1) is 0 Å². The Hall–Kier alpha value is -2.62. The molecule has 1 aromatic rings. The predicted octanol–water partition coefficient (Wildman–Crippen LogP) is 7.78. The zero-order valence-corrected chi connectivity index (χ0v) is 19.3. The summed E-state index contributed by atoms with van der Waals surface area (Å²) in [6.07, 6.45) is 18.2. The number of ether oxygens (including phenoxy) is 1. The molecule has 0 bridgehead atoms. The van der Waals surface area contributed by atoms with Gasteiger partial charge in [0.25, 0.3) is 0 Å². The maximum atomic E-state index is 11.7. The highest BCUT2D eigenvalue weighted by Gasteiger charge is 2.01. The Bertz CT molecular complexity index is 754. The minimum Gasteiger partial charge on any atom is -0.445 e. The van der Waals surface area contributed by atoms with E-state index in [-0.39, 0.29) is 6.61 Å². The van der Waals surface area contributed by atoms with E-state index in [0.717, 1.165) is 38.5 Å². The van der Waals surface area contributed by atoms with Gasteiger partial charge < -0.3 is 4.74 Å². The van der Waals surface area contributed by atoms with E-state index in [9.17, 15) is 4.79 Å². The minimum atomic E-state index is -0.466. The van der Waals surface area contributed by atoms with Crippen LogP contribution in [0, 0.1) is 0 Å². The molecule has 0 aromatic carbocycles. The molecule has 0 aliphatic heterocycles. The maximum absolute atomic E-state index is 11.7. The molecule has 4 nitrogen and oxygen atoms in total. The first-order valence-corrected chi connectivity index (χ1v) is 10.8. The number of amides is 1. The van der Waals surface area contributed by atoms with Crippen LogP contribution in [0.4, 0.5) is 10.5 Å². The summed E-state index contributed by atoms with van der Waals surface area (Å²) in [5.74, 6) is 0. The lowest BCUT2D eigenvalue weighted by molar-refractivity contribution is 0.174. The molecule has 1 aromatic heterocycles. The summed E-state index contributed by atoms with van der Waals surface area (Å²) in [5.41, 5.74) is 6.16. The van der Waals surface area contributed by atoms with Gasteiger partial charge >= 0.3 is 6.09 Å². The van der Waals surface area contributed by atoms with Gasteiger partial charge in [0.2, 0.25) is 0 Å². The van der Waals surface area contributed by atoms with Gasteiger partial charge in [-0.2, -0.15) is 0 Å². The van der Waals surface area contributed by atoms with Gasteiger partial charge in [-0.1, -0.05) is 40.5 Å². The number of carbonyl (C=O) groups excluding carboxylic acids is 1. The number of hydrogen-bond acceptors (Lipinski definition) is 3. The highest BCUT2D eigenvalue weighted by atomic mass is 16.5. The Morgan fingerprint density at radius 1 is 0.900 bits per heavy atom. The molecule has 4 heteroatoms. The average molecular weight is 411 g/mol. The molecule has 0 saturated heterocycles. The summed E-state index contributed by atoms with van der Waals surface area (Å²) in [4.78, 5) is 15.7. The molecule has 164 valence electrons. The van der Waals surface area contributed by atoms with E-state index in [1.54, 1.807) is 24.5 Å². The largest absolute Gasteiger partial charge is 0.445 e. The number of carbonyl (C=O) groups is 1. The van der Waals surface area contributed by atoms with E-state index in [2.05, 4.69) is 63.1 Å². The fourth-order valence-corrected chi connectivity index (χ4v) is 2.84. The van der Waals surface area contributed by atoms with E-state index in [1.807, 2.05) is 6.08 Å². The van der Waals surface area contributed by atoms with E-state index in [1.165, 1.54) is 22.3 Å². The molecule has 1 N–H and O–H groups in total. The monoisotopic (exact) mass is 410 g/mol. The third-order valence-corrected chi connectivity index (χ3v) is 4.71. The van der Waals surface area contributed by atoms with E-state index < -0.39 is 6.09 Å². The van der Waals surface area contributed by atoms with Crippen molar-refractivity contribution >= 4 is 11.8 Å². The summed E-state index contributed by atoms with van der Waals surface area (Å²) in [6, 6.07) is 3.53. The second kappa shape index (κ2) is 15.3. The number of rotatable bonds is 12. The normalized spacial score (nSPS) is 12.5. The molecule has 0 aliphatic rings. The zero-order chi connectivity index (χ0) is 22.2. The van der Waals surface area contributed by atoms with Crippen LogP contribution in [-0.4, -0.2) is 17.7 Å². The first-order chi connectivity index (χ1) is 14.4. The lowest BCUT2D eigenvalue weighted by atomic mass is 10.0. The van der Waals surface area contributed by atoms with Crippen molar-refractivity contribution in [3.8, 4) is 0 Å². The zero-order valence-electron chi connectivity index (χ0n) is 19.3. The summed E-state index contributed by atoms with van der Waals surface area (Å²) >= 11 is 0. The third kappa shape index (κ3) is 13.5. The van der Waals surface area contributed by atoms with Gasteiger partial charge in [-0.3, -0.25) is 10.3 Å². The molecule has 0 fully saturated rings. The van der Waals surface area contributed by atoms with Crippen LogP contribution < -0.4 is 5.32 Å². The van der Waals surface area contributed by atoms with Crippen molar-refractivity contribution < 1.29 is 9.53 Å². The SMILES string of the molecule is CC(C)=CCC/C(C)=C/CC/C(C)=C/CC/C(C)=C/COC(=O)Nc1cccnc1. The fourth-order valence-electron chi connectivity index (χ4n) is 2.84. The maximum Gasteiger partial charge on any atom is 0.411 e. The number of hydrogen-bond donors (Lipinski definition) is 1. The van der Waals surface area contributed by atoms with Crippen LogP contribution in [0.25, 0.3) is 0 Å². The van der Waals surface area contributed by atoms with Gasteiger partial charge in [0.05, 0.1) is 11.9 Å². The van der Waals surface area contributed by atoms with E-state index in [0.29, 0.717) is 5.69 Å². The molecular weight excluding hydrogens is 372 g/mol. The van der Waals surface area contributed by atoms with Gasteiger partial charge in [-0.05, 0) is 91.4 Å². The summed E-state index contributed by atoms with van der Waals surface area (Å²) < 4.78 is 5.18. The molecule has 0 atom stereocenters. The van der Waals surface area contributed by atoms with Crippen molar-refractivity contribution in [2.24, 2.45) is 0 Å². The first kappa shape index (κ1) is 25.4. The Morgan fingerprint density at radius 3 is 2.00 bits per heavy atom. The number of allylic oxidation sites excluding steroid dienone is 7. The van der Waals surface area contributed by atoms with Crippen molar-refractivity contribution in [1.29, 1.82) is 0 Å². The predicted molar refractivity (Wildman–Crippen MR) is 128 cm³/mol. The Labute approximate surface area is 182 Å². The first-order valence-electron chi connectivity index (χ1n) is 10.8. The standard InChI is InChI=1S/C26H38N2O2/c1-21(2)10-6-11-22(3)12-7-13-23(4)14-8-15-24(5)17-19-30-26(29)28-25-16-9-18-27-20-25/h9-10,12,14,16-18,20H,6-8,11,13,15,19H2,1-5H3,(H,28,29)/b22-12+,23-14+,24-17+. The van der Waals surface area contributed by atoms with Crippen LogP contribution in [0.2, 0.25) is 0 Å². The lowest BCUT2D eigenvalue weighted by Gasteiger charge is -2.05. The Kier molecular flexibility index (Phi) is 12.9. The fraction of sp³-hybridized carbons (Fsp3) is 0.462.